The van der Waals surface area contributed by atoms with Crippen LogP contribution < -0.4 is 15.0 Å². The fraction of sp³-hybridized carbons (Fsp3) is 0.500. The summed E-state index contributed by atoms with van der Waals surface area (Å²) in [4.78, 5) is 17.9. The largest absolute Gasteiger partial charge is 0.489 e. The smallest absolute Gasteiger partial charge is 0.407 e. The zero-order valence-electron chi connectivity index (χ0n) is 17.7. The summed E-state index contributed by atoms with van der Waals surface area (Å²) in [7, 11) is -3.00. The van der Waals surface area contributed by atoms with Crippen molar-refractivity contribution in [1.29, 1.82) is 0 Å². The van der Waals surface area contributed by atoms with Crippen molar-refractivity contribution in [2.45, 2.75) is 26.4 Å². The molecule has 0 saturated carbocycles. The molecule has 3 rings (SSSR count). The Morgan fingerprint density at radius 2 is 2.03 bits per heavy atom. The van der Waals surface area contributed by atoms with Gasteiger partial charge in [-0.05, 0) is 32.9 Å². The molecule has 0 unspecified atom stereocenters. The number of ether oxygens (including phenoxy) is 2. The van der Waals surface area contributed by atoms with Crippen LogP contribution in [0.5, 0.6) is 5.75 Å². The second-order valence-electron chi connectivity index (χ2n) is 8.18. The molecule has 1 fully saturated rings. The molecule has 1 aromatic carbocycles. The van der Waals surface area contributed by atoms with E-state index in [0.717, 1.165) is 0 Å². The Balaban J connectivity index is 1.57. The molecule has 0 atom stereocenters. The van der Waals surface area contributed by atoms with Gasteiger partial charge in [-0.25, -0.2) is 17.6 Å². The summed E-state index contributed by atoms with van der Waals surface area (Å²) < 4.78 is 52.8. The van der Waals surface area contributed by atoms with E-state index in [1.807, 2.05) is 0 Å². The molecule has 2 heterocycles. The maximum absolute atomic E-state index is 13.2. The molecule has 9 nitrogen and oxygen atoms in total. The van der Waals surface area contributed by atoms with E-state index in [0.29, 0.717) is 42.3 Å². The number of hydrogen-bond donors (Lipinski definition) is 1. The van der Waals surface area contributed by atoms with E-state index in [9.17, 15) is 17.6 Å². The number of fused-ring (bicyclic) bond motifs is 1. The first-order valence-electron chi connectivity index (χ1n) is 9.78. The number of carbonyl (C=O) groups excluding carboxylic acids is 1. The minimum atomic E-state index is -3.00. The summed E-state index contributed by atoms with van der Waals surface area (Å²) in [5, 5.41) is 2.48. The number of hydrogen-bond acceptors (Lipinski definition) is 8. The monoisotopic (exact) mass is 455 g/mol. The van der Waals surface area contributed by atoms with Gasteiger partial charge in [0.1, 0.15) is 23.5 Å². The molecule has 0 spiro atoms. The Kier molecular flexibility index (Phi) is 6.73. The highest BCUT2D eigenvalue weighted by atomic mass is 32.2. The van der Waals surface area contributed by atoms with Gasteiger partial charge in [0.15, 0.2) is 15.4 Å². The van der Waals surface area contributed by atoms with E-state index < -0.39 is 21.5 Å². The fourth-order valence-electron chi connectivity index (χ4n) is 2.82. The lowest BCUT2D eigenvalue weighted by Gasteiger charge is -2.24. The molecule has 2 aromatic rings. The van der Waals surface area contributed by atoms with Gasteiger partial charge in [-0.2, -0.15) is 4.98 Å². The number of benzene rings is 1. The first-order valence-corrected chi connectivity index (χ1v) is 11.6. The SMILES string of the molecule is CC(C)(C)OC(=O)NC/C(=C\F)COc1ccc2nc(N3CCS(=O)(=O)CC3)oc2c1. The highest BCUT2D eigenvalue weighted by molar-refractivity contribution is 7.91. The molecular weight excluding hydrogens is 429 g/mol. The molecule has 0 radical (unpaired) electrons. The fourth-order valence-corrected chi connectivity index (χ4v) is 4.02. The van der Waals surface area contributed by atoms with E-state index in [-0.39, 0.29) is 30.2 Å². The van der Waals surface area contributed by atoms with E-state index in [1.54, 1.807) is 43.9 Å². The van der Waals surface area contributed by atoms with Crippen LogP contribution >= 0.6 is 0 Å². The Morgan fingerprint density at radius 1 is 1.32 bits per heavy atom. The lowest BCUT2D eigenvalue weighted by atomic mass is 10.2. The van der Waals surface area contributed by atoms with Gasteiger partial charge in [0.05, 0.1) is 17.8 Å². The number of alkyl carbamates (subject to hydrolysis) is 1. The quantitative estimate of drug-likeness (QED) is 0.708. The van der Waals surface area contributed by atoms with Crippen LogP contribution in [0.1, 0.15) is 20.8 Å². The number of rotatable bonds is 6. The van der Waals surface area contributed by atoms with Crippen LogP contribution in [-0.4, -0.2) is 62.8 Å². The van der Waals surface area contributed by atoms with Crippen LogP contribution in [0.2, 0.25) is 0 Å². The third-order valence-electron chi connectivity index (χ3n) is 4.40. The van der Waals surface area contributed by atoms with Gasteiger partial charge in [0, 0.05) is 31.3 Å². The van der Waals surface area contributed by atoms with Crippen molar-refractivity contribution in [3.05, 3.63) is 30.1 Å². The highest BCUT2D eigenvalue weighted by Gasteiger charge is 2.25. The minimum absolute atomic E-state index is 0.0576. The van der Waals surface area contributed by atoms with Crippen LogP contribution in [0.3, 0.4) is 0 Å². The van der Waals surface area contributed by atoms with Crippen LogP contribution in [-0.2, 0) is 14.6 Å². The number of anilines is 1. The topological polar surface area (TPSA) is 111 Å². The Labute approximate surface area is 180 Å². The van der Waals surface area contributed by atoms with Gasteiger partial charge in [-0.15, -0.1) is 0 Å². The maximum atomic E-state index is 13.2. The zero-order valence-corrected chi connectivity index (χ0v) is 18.5. The molecule has 0 bridgehead atoms. The lowest BCUT2D eigenvalue weighted by Crippen LogP contribution is -2.40. The van der Waals surface area contributed by atoms with Crippen molar-refractivity contribution in [2.24, 2.45) is 0 Å². The van der Waals surface area contributed by atoms with E-state index in [4.69, 9.17) is 13.9 Å². The second kappa shape index (κ2) is 9.13. The molecule has 31 heavy (non-hydrogen) atoms. The van der Waals surface area contributed by atoms with E-state index >= 15 is 0 Å². The molecule has 11 heteroatoms. The zero-order chi connectivity index (χ0) is 22.6. The van der Waals surface area contributed by atoms with E-state index in [1.165, 1.54) is 0 Å². The molecule has 0 aliphatic carbocycles. The predicted octanol–water partition coefficient (Wildman–Crippen LogP) is 2.82. The summed E-state index contributed by atoms with van der Waals surface area (Å²) in [5.41, 5.74) is 0.648. The standard InChI is InChI=1S/C20H26FN3O6S/c1-20(2,3)30-19(25)22-12-14(11-21)13-28-15-4-5-16-17(10-15)29-18(23-16)24-6-8-31(26,27)9-7-24/h4-5,10-11H,6-9,12-13H2,1-3H3,(H,22,25)/b14-11+. The van der Waals surface area contributed by atoms with Crippen LogP contribution in [0.25, 0.3) is 11.1 Å². The first-order chi connectivity index (χ1) is 14.5. The van der Waals surface area contributed by atoms with Gasteiger partial charge < -0.3 is 24.1 Å². The Hall–Kier alpha value is -2.82. The van der Waals surface area contributed by atoms with Crippen LogP contribution in [0, 0.1) is 0 Å². The lowest BCUT2D eigenvalue weighted by molar-refractivity contribution is 0.0531. The van der Waals surface area contributed by atoms with Gasteiger partial charge >= 0.3 is 6.09 Å². The number of oxazole rings is 1. The van der Waals surface area contributed by atoms with Gasteiger partial charge in [-0.3, -0.25) is 0 Å². The van der Waals surface area contributed by atoms with Gasteiger partial charge in [-0.1, -0.05) is 0 Å². The summed E-state index contributed by atoms with van der Waals surface area (Å²) in [6.45, 7) is 5.72. The van der Waals surface area contributed by atoms with Crippen molar-refractivity contribution in [1.82, 2.24) is 10.3 Å². The van der Waals surface area contributed by atoms with E-state index in [2.05, 4.69) is 10.3 Å². The van der Waals surface area contributed by atoms with Crippen molar-refractivity contribution < 1.29 is 31.5 Å². The first kappa shape index (κ1) is 22.9. The molecule has 1 saturated heterocycles. The molecule has 1 aliphatic rings. The Morgan fingerprint density at radius 3 is 2.68 bits per heavy atom. The molecular formula is C20H26FN3O6S. The molecule has 1 aromatic heterocycles. The number of nitrogens with one attached hydrogen (secondary N) is 1. The normalized spacial score (nSPS) is 16.9. The molecule has 1 aliphatic heterocycles. The number of aromatic nitrogens is 1. The third-order valence-corrected chi connectivity index (χ3v) is 6.01. The van der Waals surface area contributed by atoms with Crippen molar-refractivity contribution in [2.75, 3.05) is 42.6 Å². The number of sulfone groups is 1. The average Bonchev–Trinajstić information content (AvgIpc) is 3.10. The van der Waals surface area contributed by atoms with Crippen molar-refractivity contribution in [3.8, 4) is 5.75 Å². The predicted molar refractivity (Wildman–Crippen MR) is 114 cm³/mol. The third kappa shape index (κ3) is 6.58. The summed E-state index contributed by atoms with van der Waals surface area (Å²) in [6.07, 6.45) is -0.264. The molecule has 1 N–H and O–H groups in total. The van der Waals surface area contributed by atoms with Crippen LogP contribution in [0.15, 0.2) is 34.5 Å². The summed E-state index contributed by atoms with van der Waals surface area (Å²) >= 11 is 0. The number of nitrogens with zero attached hydrogens (tertiary/aromatic N) is 2. The van der Waals surface area contributed by atoms with Crippen molar-refractivity contribution in [3.63, 3.8) is 0 Å². The summed E-state index contributed by atoms with van der Waals surface area (Å²) in [5.74, 6) is 0.568. The summed E-state index contributed by atoms with van der Waals surface area (Å²) in [6, 6.07) is 5.36. The number of carbonyl (C=O) groups is 1. The second-order valence-corrected chi connectivity index (χ2v) is 10.5. The Bertz CT molecular complexity index is 1060. The minimum Gasteiger partial charge on any atom is -0.489 e. The molecule has 170 valence electrons. The number of halogens is 1. The van der Waals surface area contributed by atoms with Gasteiger partial charge in [0.25, 0.3) is 6.01 Å². The number of amides is 1. The average molecular weight is 456 g/mol. The maximum Gasteiger partial charge on any atom is 0.407 e. The van der Waals surface area contributed by atoms with Crippen molar-refractivity contribution >= 4 is 33.0 Å². The highest BCUT2D eigenvalue weighted by Crippen LogP contribution is 2.27. The van der Waals surface area contributed by atoms with Gasteiger partial charge in [0.2, 0.25) is 0 Å². The molecule has 1 amide bonds. The van der Waals surface area contributed by atoms with Crippen LogP contribution in [0.4, 0.5) is 15.2 Å².